The molecule has 172 valence electrons. The zero-order chi connectivity index (χ0) is 23.9. The molecule has 0 aliphatic heterocycles. The van der Waals surface area contributed by atoms with Gasteiger partial charge in [-0.05, 0) is 13.8 Å². The Morgan fingerprint density at radius 2 is 1.28 bits per heavy atom. The second-order valence-electron chi connectivity index (χ2n) is 11.0. The van der Waals surface area contributed by atoms with Crippen molar-refractivity contribution in [3.8, 4) is 0 Å². The Hall–Kier alpha value is -2.29. The van der Waals surface area contributed by atoms with Crippen LogP contribution >= 0.6 is 0 Å². The molecule has 0 saturated carbocycles. The fourth-order valence-electron chi connectivity index (χ4n) is 4.28. The Morgan fingerprint density at radius 1 is 0.781 bits per heavy atom. The van der Waals surface area contributed by atoms with E-state index >= 15 is 0 Å². The van der Waals surface area contributed by atoms with Crippen LogP contribution in [0.15, 0.2) is 54.9 Å². The van der Waals surface area contributed by atoms with Crippen LogP contribution < -0.4 is 10.9 Å². The number of rotatable bonds is 5. The number of H-pyrrole nitrogens is 1. The summed E-state index contributed by atoms with van der Waals surface area (Å²) in [6.07, 6.45) is 5.58. The van der Waals surface area contributed by atoms with E-state index in [0.29, 0.717) is 6.71 Å². The largest absolute Gasteiger partial charge is 0.348 e. The average molecular weight is 430 g/mol. The summed E-state index contributed by atoms with van der Waals surface area (Å²) in [4.78, 5) is 7.64. The van der Waals surface area contributed by atoms with Crippen LogP contribution in [0.4, 0.5) is 0 Å². The van der Waals surface area contributed by atoms with E-state index in [0.717, 1.165) is 0 Å². The lowest BCUT2D eigenvalue weighted by atomic mass is 9.37. The molecule has 0 amide bonds. The normalized spacial score (nSPS) is 11.7. The Bertz CT molecular complexity index is 899. The second-order valence-corrected chi connectivity index (χ2v) is 11.0. The number of nitrogens with one attached hydrogen (secondary N) is 1. The van der Waals surface area contributed by atoms with Crippen LogP contribution in [-0.4, -0.2) is 16.7 Å². The monoisotopic (exact) mass is 430 g/mol. The van der Waals surface area contributed by atoms with Crippen molar-refractivity contribution in [1.82, 2.24) is 9.97 Å². The molecular weight excluding hydrogens is 387 g/mol. The van der Waals surface area contributed by atoms with Crippen molar-refractivity contribution >= 4 is 17.6 Å². The maximum absolute atomic E-state index is 4.40. The first kappa shape index (κ1) is 26.0. The number of aryl methyl sites for hydroxylation is 2. The van der Waals surface area contributed by atoms with Gasteiger partial charge in [-0.1, -0.05) is 138 Å². The molecular formula is C29H43BN2. The van der Waals surface area contributed by atoms with Crippen LogP contribution in [0.2, 0.25) is 6.32 Å². The van der Waals surface area contributed by atoms with Crippen LogP contribution in [0.5, 0.6) is 0 Å². The van der Waals surface area contributed by atoms with Crippen molar-refractivity contribution in [3.63, 3.8) is 0 Å². The predicted molar refractivity (Wildman–Crippen MR) is 143 cm³/mol. The van der Waals surface area contributed by atoms with E-state index in [1.54, 1.807) is 6.33 Å². The molecule has 0 fully saturated rings. The summed E-state index contributed by atoms with van der Waals surface area (Å²) in [7, 11) is 0. The quantitative estimate of drug-likeness (QED) is 0.448. The van der Waals surface area contributed by atoms with Crippen LogP contribution in [0.25, 0.3) is 0 Å². The fourth-order valence-corrected chi connectivity index (χ4v) is 4.28. The summed E-state index contributed by atoms with van der Waals surface area (Å²) >= 11 is 0. The molecule has 0 aliphatic carbocycles. The first-order chi connectivity index (χ1) is 15.0. The van der Waals surface area contributed by atoms with E-state index in [1.165, 1.54) is 52.6 Å². The van der Waals surface area contributed by atoms with Gasteiger partial charge in [-0.15, -0.1) is 0 Å². The number of hydrogen-bond donors (Lipinski definition) is 1. The van der Waals surface area contributed by atoms with Gasteiger partial charge in [-0.3, -0.25) is 0 Å². The summed E-state index contributed by atoms with van der Waals surface area (Å²) in [6.45, 7) is 20.5. The fraction of sp³-hybridized carbons (Fsp3) is 0.483. The van der Waals surface area contributed by atoms with Crippen molar-refractivity contribution in [1.29, 1.82) is 0 Å². The molecule has 2 nitrogen and oxygen atoms in total. The van der Waals surface area contributed by atoms with Crippen LogP contribution in [-0.2, 0) is 10.8 Å². The van der Waals surface area contributed by atoms with E-state index in [9.17, 15) is 0 Å². The van der Waals surface area contributed by atoms with Gasteiger partial charge in [0, 0.05) is 16.5 Å². The molecule has 0 bridgehead atoms. The first-order valence-corrected chi connectivity index (χ1v) is 12.1. The third kappa shape index (κ3) is 6.86. The summed E-state index contributed by atoms with van der Waals surface area (Å²) in [5.74, 6) is 0. The van der Waals surface area contributed by atoms with Crippen LogP contribution in [0.1, 0.15) is 83.8 Å². The predicted octanol–water partition coefficient (Wildman–Crippen LogP) is 6.72. The molecule has 3 aromatic rings. The van der Waals surface area contributed by atoms with Crippen LogP contribution in [0, 0.1) is 13.8 Å². The Balaban J connectivity index is 0.000000244. The topological polar surface area (TPSA) is 28.7 Å². The van der Waals surface area contributed by atoms with E-state index in [2.05, 4.69) is 121 Å². The lowest BCUT2D eigenvalue weighted by Gasteiger charge is -2.24. The standard InChI is InChI=1S/C18H23B.C11H20N2/c1-4-5-14-19(17-12-8-6-10-15(17)2)18-13-9-7-11-16(18)3;1-10(2,3)8-9(11(4,5)6)13-7-12-8/h6-13H,4-5,14H2,1-3H3;7H,1-6H3,(H,12,13). The Kier molecular flexibility index (Phi) is 8.95. The third-order valence-electron chi connectivity index (χ3n) is 6.07. The van der Waals surface area contributed by atoms with Crippen molar-refractivity contribution in [3.05, 3.63) is 77.4 Å². The van der Waals surface area contributed by atoms with Crippen molar-refractivity contribution < 1.29 is 0 Å². The van der Waals surface area contributed by atoms with E-state index < -0.39 is 0 Å². The van der Waals surface area contributed by atoms with Crippen molar-refractivity contribution in [2.45, 2.75) is 92.3 Å². The van der Waals surface area contributed by atoms with Crippen molar-refractivity contribution in [2.24, 2.45) is 0 Å². The molecule has 32 heavy (non-hydrogen) atoms. The summed E-state index contributed by atoms with van der Waals surface area (Å²) in [6, 6.07) is 17.6. The number of nitrogens with zero attached hydrogens (tertiary/aromatic N) is 1. The molecule has 0 saturated heterocycles. The highest BCUT2D eigenvalue weighted by atomic mass is 14.9. The number of benzene rings is 2. The van der Waals surface area contributed by atoms with Gasteiger partial charge in [0.25, 0.3) is 0 Å². The Morgan fingerprint density at radius 3 is 1.66 bits per heavy atom. The number of hydrogen-bond acceptors (Lipinski definition) is 1. The highest BCUT2D eigenvalue weighted by Gasteiger charge is 2.27. The highest BCUT2D eigenvalue weighted by molar-refractivity contribution is 6.85. The highest BCUT2D eigenvalue weighted by Crippen LogP contribution is 2.30. The van der Waals surface area contributed by atoms with Gasteiger partial charge in [0.1, 0.15) is 0 Å². The Labute approximate surface area is 197 Å². The molecule has 0 atom stereocenters. The SMILES string of the molecule is CC(C)(C)c1nc[nH]c1C(C)(C)C.CCCCB(c1ccccc1C)c1ccccc1C. The molecule has 0 spiro atoms. The lowest BCUT2D eigenvalue weighted by molar-refractivity contribution is 0.512. The minimum absolute atomic E-state index is 0.128. The third-order valence-corrected chi connectivity index (χ3v) is 6.07. The molecule has 2 aromatic carbocycles. The zero-order valence-electron chi connectivity index (χ0n) is 21.8. The maximum Gasteiger partial charge on any atom is 0.209 e. The van der Waals surface area contributed by atoms with E-state index in [1.807, 2.05) is 0 Å². The van der Waals surface area contributed by atoms with Crippen LogP contribution in [0.3, 0.4) is 0 Å². The second kappa shape index (κ2) is 11.0. The summed E-state index contributed by atoms with van der Waals surface area (Å²) < 4.78 is 0. The van der Waals surface area contributed by atoms with Gasteiger partial charge in [0.05, 0.1) is 12.0 Å². The number of unbranched alkanes of at least 4 members (excludes halogenated alkanes) is 1. The summed E-state index contributed by atoms with van der Waals surface area (Å²) in [5, 5.41) is 0. The van der Waals surface area contributed by atoms with Gasteiger partial charge < -0.3 is 4.98 Å². The van der Waals surface area contributed by atoms with Gasteiger partial charge in [-0.25, -0.2) is 4.98 Å². The zero-order valence-corrected chi connectivity index (χ0v) is 21.8. The molecule has 0 aliphatic rings. The molecule has 0 unspecified atom stereocenters. The van der Waals surface area contributed by atoms with Gasteiger partial charge >= 0.3 is 0 Å². The van der Waals surface area contributed by atoms with Crippen molar-refractivity contribution in [2.75, 3.05) is 0 Å². The lowest BCUT2D eigenvalue weighted by Crippen LogP contribution is -2.44. The average Bonchev–Trinajstić information content (AvgIpc) is 3.22. The van der Waals surface area contributed by atoms with E-state index in [-0.39, 0.29) is 10.8 Å². The van der Waals surface area contributed by atoms with Gasteiger partial charge in [-0.2, -0.15) is 0 Å². The summed E-state index contributed by atoms with van der Waals surface area (Å²) in [5.41, 5.74) is 8.51. The molecule has 3 rings (SSSR count). The molecule has 1 heterocycles. The minimum atomic E-state index is 0.128. The number of imidazole rings is 1. The number of aromatic nitrogens is 2. The maximum atomic E-state index is 4.40. The first-order valence-electron chi connectivity index (χ1n) is 12.1. The minimum Gasteiger partial charge on any atom is -0.348 e. The molecule has 1 aromatic heterocycles. The van der Waals surface area contributed by atoms with E-state index in [4.69, 9.17) is 0 Å². The molecule has 0 radical (unpaired) electrons. The van der Waals surface area contributed by atoms with Gasteiger partial charge in [0.15, 0.2) is 0 Å². The number of aromatic amines is 1. The van der Waals surface area contributed by atoms with Gasteiger partial charge in [0.2, 0.25) is 6.71 Å². The molecule has 3 heteroatoms. The smallest absolute Gasteiger partial charge is 0.209 e. The molecule has 1 N–H and O–H groups in total.